The van der Waals surface area contributed by atoms with E-state index >= 15 is 0 Å². The topological polar surface area (TPSA) is 29.5 Å². The predicted molar refractivity (Wildman–Crippen MR) is 82.1 cm³/mol. The average molecular weight is 291 g/mol. The highest BCUT2D eigenvalue weighted by atomic mass is 35.5. The maximum Gasteiger partial charge on any atom is 0.120 e. The van der Waals surface area contributed by atoms with E-state index in [4.69, 9.17) is 16.3 Å². The maximum atomic E-state index is 9.99. The molecule has 1 N–H and O–H groups in total. The Kier molecular flexibility index (Phi) is 5.45. The van der Waals surface area contributed by atoms with Gasteiger partial charge in [0.05, 0.1) is 6.10 Å². The van der Waals surface area contributed by atoms with Crippen LogP contribution >= 0.6 is 11.6 Å². The molecule has 2 rings (SSSR count). The highest BCUT2D eigenvalue weighted by Gasteiger charge is 2.07. The first-order valence-electron chi connectivity index (χ1n) is 6.84. The van der Waals surface area contributed by atoms with E-state index in [1.165, 1.54) is 0 Å². The van der Waals surface area contributed by atoms with Gasteiger partial charge in [0.15, 0.2) is 0 Å². The van der Waals surface area contributed by atoms with Crippen molar-refractivity contribution >= 4 is 11.6 Å². The molecule has 0 spiro atoms. The molecule has 0 amide bonds. The normalized spacial score (nSPS) is 12.2. The van der Waals surface area contributed by atoms with E-state index in [0.29, 0.717) is 6.61 Å². The maximum absolute atomic E-state index is 9.99. The fourth-order valence-corrected chi connectivity index (χ4v) is 2.12. The first-order valence-corrected chi connectivity index (χ1v) is 7.22. The summed E-state index contributed by atoms with van der Waals surface area (Å²) >= 11 is 5.85. The van der Waals surface area contributed by atoms with Crippen molar-refractivity contribution in [2.24, 2.45) is 0 Å². The van der Waals surface area contributed by atoms with Crippen LogP contribution in [0, 0.1) is 0 Å². The van der Waals surface area contributed by atoms with Gasteiger partial charge in [-0.3, -0.25) is 0 Å². The average Bonchev–Trinajstić information content (AvgIpc) is 2.47. The van der Waals surface area contributed by atoms with E-state index in [9.17, 15) is 5.11 Å². The fraction of sp³-hybridized carbons (Fsp3) is 0.294. The molecule has 3 heteroatoms. The standard InChI is InChI=1S/C17H19ClO2/c1-2-4-17(19)14-5-3-6-16(11-14)20-12-13-7-9-15(18)10-8-13/h3,5-11,17,19H,2,4,12H2,1H3. The Morgan fingerprint density at radius 2 is 1.90 bits per heavy atom. The summed E-state index contributed by atoms with van der Waals surface area (Å²) in [7, 11) is 0. The second-order valence-corrected chi connectivity index (χ2v) is 5.23. The minimum Gasteiger partial charge on any atom is -0.489 e. The molecule has 0 aromatic heterocycles. The zero-order valence-electron chi connectivity index (χ0n) is 11.6. The minimum absolute atomic E-state index is 0.418. The molecule has 1 unspecified atom stereocenters. The third-order valence-electron chi connectivity index (χ3n) is 3.12. The van der Waals surface area contributed by atoms with Gasteiger partial charge in [-0.1, -0.05) is 49.2 Å². The molecular formula is C17H19ClO2. The second kappa shape index (κ2) is 7.32. The van der Waals surface area contributed by atoms with Crippen molar-refractivity contribution in [3.8, 4) is 5.75 Å². The van der Waals surface area contributed by atoms with Gasteiger partial charge in [0, 0.05) is 5.02 Å². The molecule has 2 aromatic carbocycles. The van der Waals surface area contributed by atoms with Crippen molar-refractivity contribution < 1.29 is 9.84 Å². The molecule has 1 atom stereocenters. The molecule has 2 nitrogen and oxygen atoms in total. The summed E-state index contributed by atoms with van der Waals surface area (Å²) in [5.41, 5.74) is 1.97. The van der Waals surface area contributed by atoms with Crippen molar-refractivity contribution in [2.75, 3.05) is 0 Å². The van der Waals surface area contributed by atoms with Gasteiger partial charge in [0.1, 0.15) is 12.4 Å². The summed E-state index contributed by atoms with van der Waals surface area (Å²) in [5.74, 6) is 0.771. The number of ether oxygens (including phenoxy) is 1. The van der Waals surface area contributed by atoms with Crippen LogP contribution in [0.1, 0.15) is 37.0 Å². The summed E-state index contributed by atoms with van der Waals surface area (Å²) in [4.78, 5) is 0. The molecule has 0 aliphatic carbocycles. The van der Waals surface area contributed by atoms with Crippen molar-refractivity contribution in [1.82, 2.24) is 0 Å². The zero-order valence-corrected chi connectivity index (χ0v) is 12.3. The molecule has 106 valence electrons. The van der Waals surface area contributed by atoms with Gasteiger partial charge in [-0.25, -0.2) is 0 Å². The van der Waals surface area contributed by atoms with Gasteiger partial charge in [-0.05, 0) is 41.8 Å². The number of rotatable bonds is 6. The first kappa shape index (κ1) is 14.9. The summed E-state index contributed by atoms with van der Waals surface area (Å²) in [5, 5.41) is 10.7. The van der Waals surface area contributed by atoms with E-state index in [1.54, 1.807) is 0 Å². The lowest BCUT2D eigenvalue weighted by Crippen LogP contribution is -1.99. The van der Waals surface area contributed by atoms with Crippen LogP contribution in [-0.2, 0) is 6.61 Å². The summed E-state index contributed by atoms with van der Waals surface area (Å²) in [6, 6.07) is 15.2. The van der Waals surface area contributed by atoms with Gasteiger partial charge in [-0.15, -0.1) is 0 Å². The lowest BCUT2D eigenvalue weighted by molar-refractivity contribution is 0.166. The van der Waals surface area contributed by atoms with E-state index in [0.717, 1.165) is 34.7 Å². The second-order valence-electron chi connectivity index (χ2n) is 4.79. The highest BCUT2D eigenvalue weighted by Crippen LogP contribution is 2.23. The Bertz CT molecular complexity index is 537. The molecule has 0 saturated heterocycles. The fourth-order valence-electron chi connectivity index (χ4n) is 2.00. The number of aliphatic hydroxyl groups excluding tert-OH is 1. The molecule has 0 fully saturated rings. The van der Waals surface area contributed by atoms with Crippen LogP contribution in [0.4, 0.5) is 0 Å². The van der Waals surface area contributed by atoms with Gasteiger partial charge < -0.3 is 9.84 Å². The molecular weight excluding hydrogens is 272 g/mol. The summed E-state index contributed by atoms with van der Waals surface area (Å²) < 4.78 is 5.75. The lowest BCUT2D eigenvalue weighted by atomic mass is 10.1. The monoisotopic (exact) mass is 290 g/mol. The zero-order chi connectivity index (χ0) is 14.4. The van der Waals surface area contributed by atoms with Gasteiger partial charge in [0.2, 0.25) is 0 Å². The smallest absolute Gasteiger partial charge is 0.120 e. The third kappa shape index (κ3) is 4.26. The molecule has 0 aliphatic rings. The van der Waals surface area contributed by atoms with Gasteiger partial charge in [0.25, 0.3) is 0 Å². The van der Waals surface area contributed by atoms with Crippen molar-refractivity contribution in [1.29, 1.82) is 0 Å². The Morgan fingerprint density at radius 3 is 2.60 bits per heavy atom. The molecule has 0 radical (unpaired) electrons. The Labute approximate surface area is 125 Å². The van der Waals surface area contributed by atoms with Crippen LogP contribution < -0.4 is 4.74 Å². The summed E-state index contributed by atoms with van der Waals surface area (Å²) in [6.45, 7) is 2.55. The van der Waals surface area contributed by atoms with Crippen LogP contribution in [0.5, 0.6) is 5.75 Å². The SMILES string of the molecule is CCCC(O)c1cccc(OCc2ccc(Cl)cc2)c1. The lowest BCUT2D eigenvalue weighted by Gasteiger charge is -2.12. The Morgan fingerprint density at radius 1 is 1.15 bits per heavy atom. The van der Waals surface area contributed by atoms with E-state index < -0.39 is 6.10 Å². The molecule has 0 heterocycles. The van der Waals surface area contributed by atoms with E-state index in [2.05, 4.69) is 6.92 Å². The van der Waals surface area contributed by atoms with Gasteiger partial charge in [-0.2, -0.15) is 0 Å². The molecule has 2 aromatic rings. The van der Waals surface area contributed by atoms with Gasteiger partial charge >= 0.3 is 0 Å². The molecule has 20 heavy (non-hydrogen) atoms. The largest absolute Gasteiger partial charge is 0.489 e. The number of hydrogen-bond donors (Lipinski definition) is 1. The number of benzene rings is 2. The third-order valence-corrected chi connectivity index (χ3v) is 3.38. The van der Waals surface area contributed by atoms with Crippen molar-refractivity contribution in [3.05, 3.63) is 64.7 Å². The number of aliphatic hydroxyl groups is 1. The van der Waals surface area contributed by atoms with Crippen LogP contribution in [0.3, 0.4) is 0 Å². The number of hydrogen-bond acceptors (Lipinski definition) is 2. The van der Waals surface area contributed by atoms with E-state index in [1.807, 2.05) is 48.5 Å². The van der Waals surface area contributed by atoms with E-state index in [-0.39, 0.29) is 0 Å². The predicted octanol–water partition coefficient (Wildman–Crippen LogP) is 4.75. The minimum atomic E-state index is -0.418. The quantitative estimate of drug-likeness (QED) is 0.832. The Balaban J connectivity index is 1.99. The molecule has 0 aliphatic heterocycles. The highest BCUT2D eigenvalue weighted by molar-refractivity contribution is 6.30. The molecule has 0 bridgehead atoms. The van der Waals surface area contributed by atoms with Crippen molar-refractivity contribution in [2.45, 2.75) is 32.5 Å². The number of halogens is 1. The Hall–Kier alpha value is -1.51. The first-order chi connectivity index (χ1) is 9.69. The molecule has 0 saturated carbocycles. The summed E-state index contributed by atoms with van der Waals surface area (Å²) in [6.07, 6.45) is 1.30. The van der Waals surface area contributed by atoms with Crippen molar-refractivity contribution in [3.63, 3.8) is 0 Å². The van der Waals surface area contributed by atoms with Crippen LogP contribution in [0.2, 0.25) is 5.02 Å². The van der Waals surface area contributed by atoms with Crippen LogP contribution in [0.25, 0.3) is 0 Å². The van der Waals surface area contributed by atoms with Crippen LogP contribution in [-0.4, -0.2) is 5.11 Å². The van der Waals surface area contributed by atoms with Crippen LogP contribution in [0.15, 0.2) is 48.5 Å².